The molecule has 2 heterocycles. The van der Waals surface area contributed by atoms with Crippen LogP contribution in [-0.2, 0) is 21.7 Å². The molecule has 1 aliphatic heterocycles. The van der Waals surface area contributed by atoms with E-state index in [0.717, 1.165) is 24.8 Å². The summed E-state index contributed by atoms with van der Waals surface area (Å²) in [4.78, 5) is 27.7. The van der Waals surface area contributed by atoms with E-state index < -0.39 is 11.0 Å². The Morgan fingerprint density at radius 2 is 2.00 bits per heavy atom. The zero-order valence-corrected chi connectivity index (χ0v) is 19.1. The molecule has 10 heteroatoms. The van der Waals surface area contributed by atoms with Crippen molar-refractivity contribution in [3.63, 3.8) is 0 Å². The standard InChI is InChI=1S/C22H29ClN6O3/c1-21(2)13-28(11-10-22(21,32)15-6-8-16(23)9-7-15)20(31)17-4-3-5-18(17)25-19(30)12-29-14-24-26-27-29/h6-9,14,17-18,32H,3-5,10-13H2,1-2H3,(H,25,30)/t17-,18+,22-/m0/s1. The van der Waals surface area contributed by atoms with E-state index in [9.17, 15) is 14.7 Å². The third-order valence-corrected chi connectivity index (χ3v) is 7.21. The molecule has 0 unspecified atom stereocenters. The number of carbonyl (C=O) groups excluding carboxylic acids is 2. The fraction of sp³-hybridized carbons (Fsp3) is 0.591. The van der Waals surface area contributed by atoms with E-state index in [4.69, 9.17) is 11.6 Å². The number of amides is 2. The van der Waals surface area contributed by atoms with Gasteiger partial charge in [-0.2, -0.15) is 0 Å². The lowest BCUT2D eigenvalue weighted by atomic mass is 9.66. The number of piperidine rings is 1. The Hall–Kier alpha value is -2.52. The van der Waals surface area contributed by atoms with Crippen molar-refractivity contribution in [2.45, 2.75) is 57.7 Å². The molecule has 1 saturated heterocycles. The highest BCUT2D eigenvalue weighted by Gasteiger charge is 2.50. The van der Waals surface area contributed by atoms with Crippen molar-refractivity contribution in [1.82, 2.24) is 30.4 Å². The van der Waals surface area contributed by atoms with Crippen LogP contribution in [0.3, 0.4) is 0 Å². The van der Waals surface area contributed by atoms with Crippen LogP contribution in [0.1, 0.15) is 45.1 Å². The lowest BCUT2D eigenvalue weighted by Crippen LogP contribution is -2.58. The van der Waals surface area contributed by atoms with E-state index in [0.29, 0.717) is 24.5 Å². The van der Waals surface area contributed by atoms with Gasteiger partial charge in [-0.25, -0.2) is 4.68 Å². The Morgan fingerprint density at radius 1 is 1.25 bits per heavy atom. The molecule has 3 atom stereocenters. The van der Waals surface area contributed by atoms with Gasteiger partial charge in [-0.05, 0) is 47.4 Å². The lowest BCUT2D eigenvalue weighted by Gasteiger charge is -2.51. The summed E-state index contributed by atoms with van der Waals surface area (Å²) < 4.78 is 1.35. The molecule has 172 valence electrons. The predicted molar refractivity (Wildman–Crippen MR) is 117 cm³/mol. The van der Waals surface area contributed by atoms with Crippen molar-refractivity contribution >= 4 is 23.4 Å². The molecule has 2 fully saturated rings. The highest BCUT2D eigenvalue weighted by molar-refractivity contribution is 6.30. The third kappa shape index (κ3) is 4.36. The zero-order chi connectivity index (χ0) is 22.9. The molecular formula is C22H29ClN6O3. The summed E-state index contributed by atoms with van der Waals surface area (Å²) in [6.45, 7) is 4.90. The van der Waals surface area contributed by atoms with Crippen molar-refractivity contribution < 1.29 is 14.7 Å². The fourth-order valence-corrected chi connectivity index (χ4v) is 5.21. The van der Waals surface area contributed by atoms with E-state index in [2.05, 4.69) is 20.8 Å². The summed E-state index contributed by atoms with van der Waals surface area (Å²) in [5.74, 6) is -0.426. The number of tetrazole rings is 1. The second-order valence-electron chi connectivity index (χ2n) is 9.48. The SMILES string of the molecule is CC1(C)CN(C(=O)[C@H]2CCC[C@H]2NC(=O)Cn2cnnn2)CC[C@]1(O)c1ccc(Cl)cc1. The summed E-state index contributed by atoms with van der Waals surface area (Å²) in [6.07, 6.45) is 4.22. The fourth-order valence-electron chi connectivity index (χ4n) is 5.09. The van der Waals surface area contributed by atoms with Crippen molar-refractivity contribution in [1.29, 1.82) is 0 Å². The summed E-state index contributed by atoms with van der Waals surface area (Å²) in [7, 11) is 0. The van der Waals surface area contributed by atoms with Crippen molar-refractivity contribution in [3.05, 3.63) is 41.2 Å². The Morgan fingerprint density at radius 3 is 2.66 bits per heavy atom. The van der Waals surface area contributed by atoms with Gasteiger partial charge >= 0.3 is 0 Å². The minimum atomic E-state index is -1.05. The van der Waals surface area contributed by atoms with Crippen molar-refractivity contribution in [3.8, 4) is 0 Å². The monoisotopic (exact) mass is 460 g/mol. The van der Waals surface area contributed by atoms with Crippen LogP contribution in [0.5, 0.6) is 0 Å². The molecule has 1 aromatic heterocycles. The third-order valence-electron chi connectivity index (χ3n) is 6.96. The summed E-state index contributed by atoms with van der Waals surface area (Å²) in [6, 6.07) is 7.07. The summed E-state index contributed by atoms with van der Waals surface area (Å²) >= 11 is 6.02. The molecule has 9 nitrogen and oxygen atoms in total. The predicted octanol–water partition coefficient (Wildman–Crippen LogP) is 1.76. The van der Waals surface area contributed by atoms with Gasteiger partial charge in [0.15, 0.2) is 0 Å². The van der Waals surface area contributed by atoms with Crippen LogP contribution >= 0.6 is 11.6 Å². The van der Waals surface area contributed by atoms with Crippen LogP contribution in [-0.4, -0.2) is 61.2 Å². The molecule has 1 aliphatic carbocycles. The highest BCUT2D eigenvalue weighted by Crippen LogP contribution is 2.46. The maximum absolute atomic E-state index is 13.4. The molecule has 2 N–H and O–H groups in total. The number of hydrogen-bond donors (Lipinski definition) is 2. The minimum Gasteiger partial charge on any atom is -0.384 e. The van der Waals surface area contributed by atoms with E-state index in [1.54, 1.807) is 12.1 Å². The molecule has 2 aliphatic rings. The van der Waals surface area contributed by atoms with Gasteiger partial charge in [0.05, 0.1) is 11.5 Å². The number of carbonyl (C=O) groups is 2. The van der Waals surface area contributed by atoms with Crippen molar-refractivity contribution in [2.75, 3.05) is 13.1 Å². The van der Waals surface area contributed by atoms with Crippen LogP contribution in [0.15, 0.2) is 30.6 Å². The van der Waals surface area contributed by atoms with Crippen LogP contribution in [0.4, 0.5) is 0 Å². The molecule has 0 spiro atoms. The molecule has 4 rings (SSSR count). The number of halogens is 1. The zero-order valence-electron chi connectivity index (χ0n) is 18.4. The van der Waals surface area contributed by atoms with Gasteiger partial charge in [-0.1, -0.05) is 44.0 Å². The van der Waals surface area contributed by atoms with E-state index in [1.807, 2.05) is 30.9 Å². The average molecular weight is 461 g/mol. The van der Waals surface area contributed by atoms with Gasteiger partial charge < -0.3 is 15.3 Å². The largest absolute Gasteiger partial charge is 0.384 e. The first kappa shape index (κ1) is 22.7. The first-order valence-electron chi connectivity index (χ1n) is 11.0. The topological polar surface area (TPSA) is 113 Å². The number of nitrogens with one attached hydrogen (secondary N) is 1. The average Bonchev–Trinajstić information content (AvgIpc) is 3.42. The Balaban J connectivity index is 1.42. The molecular weight excluding hydrogens is 432 g/mol. The summed E-state index contributed by atoms with van der Waals surface area (Å²) in [5, 5.41) is 25.9. The molecule has 0 radical (unpaired) electrons. The minimum absolute atomic E-state index is 0.0231. The second kappa shape index (κ2) is 8.78. The molecule has 2 amide bonds. The van der Waals surface area contributed by atoms with Crippen molar-refractivity contribution in [2.24, 2.45) is 11.3 Å². The number of likely N-dealkylation sites (tertiary alicyclic amines) is 1. The Labute approximate surface area is 192 Å². The first-order valence-corrected chi connectivity index (χ1v) is 11.3. The molecule has 32 heavy (non-hydrogen) atoms. The first-order chi connectivity index (χ1) is 15.2. The van der Waals surface area contributed by atoms with E-state index in [1.165, 1.54) is 11.0 Å². The molecule has 2 aromatic rings. The van der Waals surface area contributed by atoms with Gasteiger partial charge in [0, 0.05) is 29.6 Å². The van der Waals surface area contributed by atoms with Gasteiger partial charge in [-0.3, -0.25) is 9.59 Å². The highest BCUT2D eigenvalue weighted by atomic mass is 35.5. The van der Waals surface area contributed by atoms with Crippen LogP contribution in [0.25, 0.3) is 0 Å². The second-order valence-corrected chi connectivity index (χ2v) is 9.92. The van der Waals surface area contributed by atoms with Gasteiger partial charge in [-0.15, -0.1) is 5.10 Å². The van der Waals surface area contributed by atoms with Crippen LogP contribution in [0, 0.1) is 11.3 Å². The van der Waals surface area contributed by atoms with Crippen LogP contribution in [0.2, 0.25) is 5.02 Å². The Kier molecular flexibility index (Phi) is 6.22. The number of hydrogen-bond acceptors (Lipinski definition) is 6. The molecule has 0 bridgehead atoms. The smallest absolute Gasteiger partial charge is 0.242 e. The number of aromatic nitrogens is 4. The lowest BCUT2D eigenvalue weighted by molar-refractivity contribution is -0.157. The number of aliphatic hydroxyl groups is 1. The van der Waals surface area contributed by atoms with Crippen LogP contribution < -0.4 is 5.32 Å². The maximum atomic E-state index is 13.4. The van der Waals surface area contributed by atoms with E-state index >= 15 is 0 Å². The van der Waals surface area contributed by atoms with Gasteiger partial charge in [0.25, 0.3) is 0 Å². The molecule has 1 saturated carbocycles. The Bertz CT molecular complexity index is 965. The quantitative estimate of drug-likeness (QED) is 0.702. The number of rotatable bonds is 5. The normalized spacial score (nSPS) is 27.3. The number of benzene rings is 1. The molecule has 1 aromatic carbocycles. The van der Waals surface area contributed by atoms with Gasteiger partial charge in [0.2, 0.25) is 11.8 Å². The van der Waals surface area contributed by atoms with Gasteiger partial charge in [0.1, 0.15) is 12.9 Å². The van der Waals surface area contributed by atoms with E-state index in [-0.39, 0.29) is 30.3 Å². The maximum Gasteiger partial charge on any atom is 0.242 e. The summed E-state index contributed by atoms with van der Waals surface area (Å²) in [5.41, 5.74) is -0.789. The number of nitrogens with zero attached hydrogens (tertiary/aromatic N) is 5.